The van der Waals surface area contributed by atoms with Crippen LogP contribution in [0.1, 0.15) is 41.2 Å². The number of benzene rings is 1. The van der Waals surface area contributed by atoms with E-state index in [2.05, 4.69) is 14.9 Å². The predicted molar refractivity (Wildman–Crippen MR) is 136 cm³/mol. The summed E-state index contributed by atoms with van der Waals surface area (Å²) in [6, 6.07) is 5.04. The number of nitrogens with one attached hydrogen (secondary N) is 1. The molecule has 5 rings (SSSR count). The molecular formula is C27H29F3N4O7. The average molecular weight is 579 g/mol. The molecular weight excluding hydrogens is 549 g/mol. The second-order valence-corrected chi connectivity index (χ2v) is 10.1. The fraction of sp³-hybridized carbons (Fsp3) is 0.481. The molecule has 1 aromatic carbocycles. The van der Waals surface area contributed by atoms with Gasteiger partial charge in [0.2, 0.25) is 11.9 Å². The predicted octanol–water partition coefficient (Wildman–Crippen LogP) is 3.37. The Morgan fingerprint density at radius 1 is 1.22 bits per heavy atom. The van der Waals surface area contributed by atoms with Crippen molar-refractivity contribution in [1.29, 1.82) is 0 Å². The van der Waals surface area contributed by atoms with Gasteiger partial charge in [-0.3, -0.25) is 9.59 Å². The summed E-state index contributed by atoms with van der Waals surface area (Å²) in [7, 11) is 0. The van der Waals surface area contributed by atoms with Gasteiger partial charge in [-0.05, 0) is 43.0 Å². The highest BCUT2D eigenvalue weighted by molar-refractivity contribution is 5.84. The normalized spacial score (nSPS) is 16.9. The molecule has 0 bridgehead atoms. The maximum Gasteiger partial charge on any atom is 0.519 e. The zero-order valence-electron chi connectivity index (χ0n) is 22.3. The molecule has 0 spiro atoms. The molecule has 0 saturated carbocycles. The first-order valence-corrected chi connectivity index (χ1v) is 13.2. The second-order valence-electron chi connectivity index (χ2n) is 10.1. The SMILES string of the molecule is Cc1oc(=O)oc1COC(=O)CC1Cc2ccc(OCCc3cn4c(n3)NCCC4)cc2CN(CC(F)(F)F)C1=O. The molecule has 2 aliphatic rings. The molecule has 41 heavy (non-hydrogen) atoms. The number of ether oxygens (including phenoxy) is 2. The molecule has 11 nitrogen and oxygen atoms in total. The molecule has 0 aliphatic carbocycles. The van der Waals surface area contributed by atoms with E-state index in [-0.39, 0.29) is 24.5 Å². The lowest BCUT2D eigenvalue weighted by molar-refractivity contribution is -0.166. The molecule has 3 aromatic rings. The zero-order chi connectivity index (χ0) is 29.1. The van der Waals surface area contributed by atoms with Gasteiger partial charge in [0.25, 0.3) is 0 Å². The van der Waals surface area contributed by atoms with Gasteiger partial charge in [0.15, 0.2) is 18.1 Å². The van der Waals surface area contributed by atoms with Gasteiger partial charge in [0.1, 0.15) is 12.3 Å². The Morgan fingerprint density at radius 2 is 2.05 bits per heavy atom. The standard InChI is InChI=1S/C27H29F3N4O7/c1-16-22(41-26(37)40-16)14-39-23(35)11-18-9-17-3-4-21(10-19(17)12-34(24(18)36)15-27(28,29)30)38-8-5-20-13-33-7-2-6-31-25(33)32-20/h3-4,10,13,18H,2,5-9,11-12,14-15H2,1H3,(H,31,32). The van der Waals surface area contributed by atoms with Crippen molar-refractivity contribution >= 4 is 17.8 Å². The minimum atomic E-state index is -4.63. The molecule has 220 valence electrons. The van der Waals surface area contributed by atoms with Crippen molar-refractivity contribution in [3.8, 4) is 5.75 Å². The number of nitrogens with zero attached hydrogens (tertiary/aromatic N) is 3. The van der Waals surface area contributed by atoms with Crippen molar-refractivity contribution in [3.05, 3.63) is 63.4 Å². The Balaban J connectivity index is 1.26. The number of amides is 1. The van der Waals surface area contributed by atoms with Crippen molar-refractivity contribution in [3.63, 3.8) is 0 Å². The molecule has 0 saturated heterocycles. The van der Waals surface area contributed by atoms with Crippen molar-refractivity contribution in [2.75, 3.05) is 25.0 Å². The number of anilines is 1. The van der Waals surface area contributed by atoms with Gasteiger partial charge < -0.3 is 33.1 Å². The molecule has 0 radical (unpaired) electrons. The Hall–Kier alpha value is -4.23. The number of carbonyl (C=O) groups excluding carboxylic acids is 2. The summed E-state index contributed by atoms with van der Waals surface area (Å²) in [5.41, 5.74) is 2.01. The third-order valence-corrected chi connectivity index (χ3v) is 6.96. The molecule has 2 aromatic heterocycles. The Kier molecular flexibility index (Phi) is 8.08. The number of aryl methyl sites for hydroxylation is 2. The molecule has 14 heteroatoms. The summed E-state index contributed by atoms with van der Waals surface area (Å²) in [5.74, 6) is -2.22. The van der Waals surface area contributed by atoms with Crippen LogP contribution < -0.4 is 15.9 Å². The number of fused-ring (bicyclic) bond motifs is 2. The van der Waals surface area contributed by atoms with Crippen LogP contribution in [-0.4, -0.2) is 52.2 Å². The van der Waals surface area contributed by atoms with Gasteiger partial charge in [-0.15, -0.1) is 0 Å². The molecule has 1 atom stereocenters. The average Bonchev–Trinajstić information content (AvgIpc) is 3.44. The number of alkyl halides is 3. The quantitative estimate of drug-likeness (QED) is 0.380. The van der Waals surface area contributed by atoms with Crippen LogP contribution in [0.25, 0.3) is 0 Å². The number of esters is 1. The Morgan fingerprint density at radius 3 is 2.78 bits per heavy atom. The molecule has 0 fully saturated rings. The van der Waals surface area contributed by atoms with E-state index in [1.807, 2.05) is 6.20 Å². The van der Waals surface area contributed by atoms with Crippen LogP contribution in [-0.2, 0) is 46.9 Å². The van der Waals surface area contributed by atoms with Crippen molar-refractivity contribution in [1.82, 2.24) is 14.5 Å². The third kappa shape index (κ3) is 7.11. The van der Waals surface area contributed by atoms with E-state index in [1.54, 1.807) is 18.2 Å². The molecule has 1 N–H and O–H groups in total. The Labute approximate surface area is 232 Å². The number of hydrogen-bond acceptors (Lipinski definition) is 9. The minimum absolute atomic E-state index is 0.0105. The number of rotatable bonds is 9. The van der Waals surface area contributed by atoms with Crippen LogP contribution in [0.5, 0.6) is 5.75 Å². The van der Waals surface area contributed by atoms with Gasteiger partial charge in [0.05, 0.1) is 24.6 Å². The van der Waals surface area contributed by atoms with E-state index in [9.17, 15) is 27.6 Å². The zero-order valence-corrected chi connectivity index (χ0v) is 22.3. The van der Waals surface area contributed by atoms with E-state index < -0.39 is 49.4 Å². The number of imidazole rings is 1. The van der Waals surface area contributed by atoms with Crippen LogP contribution in [0, 0.1) is 12.8 Å². The molecule has 4 heterocycles. The topological polar surface area (TPSA) is 129 Å². The van der Waals surface area contributed by atoms with E-state index in [1.165, 1.54) is 6.92 Å². The van der Waals surface area contributed by atoms with E-state index >= 15 is 0 Å². The first-order chi connectivity index (χ1) is 19.5. The van der Waals surface area contributed by atoms with Crippen molar-refractivity contribution in [2.45, 2.75) is 58.5 Å². The lowest BCUT2D eigenvalue weighted by atomic mass is 9.94. The lowest BCUT2D eigenvalue weighted by Gasteiger charge is -2.25. The third-order valence-electron chi connectivity index (χ3n) is 6.96. The summed E-state index contributed by atoms with van der Waals surface area (Å²) in [4.78, 5) is 42.1. The monoisotopic (exact) mass is 578 g/mol. The van der Waals surface area contributed by atoms with Gasteiger partial charge in [-0.2, -0.15) is 13.2 Å². The van der Waals surface area contributed by atoms with E-state index in [0.717, 1.165) is 31.2 Å². The van der Waals surface area contributed by atoms with Crippen molar-refractivity contribution in [2.24, 2.45) is 5.92 Å². The number of hydrogen-bond donors (Lipinski definition) is 1. The number of aromatic nitrogens is 2. The largest absolute Gasteiger partial charge is 0.519 e. The minimum Gasteiger partial charge on any atom is -0.493 e. The fourth-order valence-electron chi connectivity index (χ4n) is 4.98. The van der Waals surface area contributed by atoms with Gasteiger partial charge in [0, 0.05) is 32.3 Å². The van der Waals surface area contributed by atoms with Gasteiger partial charge in [-0.1, -0.05) is 6.07 Å². The maximum atomic E-state index is 13.4. The summed E-state index contributed by atoms with van der Waals surface area (Å²) >= 11 is 0. The highest BCUT2D eigenvalue weighted by Gasteiger charge is 2.38. The summed E-state index contributed by atoms with van der Waals surface area (Å²) < 4.78 is 62.7. The van der Waals surface area contributed by atoms with Crippen LogP contribution in [0.2, 0.25) is 0 Å². The summed E-state index contributed by atoms with van der Waals surface area (Å²) in [6.45, 7) is 1.39. The van der Waals surface area contributed by atoms with Gasteiger partial charge in [-0.25, -0.2) is 9.78 Å². The second kappa shape index (κ2) is 11.7. The van der Waals surface area contributed by atoms with Crippen LogP contribution >= 0.6 is 0 Å². The van der Waals surface area contributed by atoms with Crippen LogP contribution in [0.15, 0.2) is 38.0 Å². The number of halogens is 3. The van der Waals surface area contributed by atoms with Crippen molar-refractivity contribution < 1.29 is 41.1 Å². The first-order valence-electron chi connectivity index (χ1n) is 13.2. The van der Waals surface area contributed by atoms with Crippen LogP contribution in [0.4, 0.5) is 19.1 Å². The maximum absolute atomic E-state index is 13.4. The number of carbonyl (C=O) groups is 2. The highest BCUT2D eigenvalue weighted by atomic mass is 19.4. The molecule has 2 aliphatic heterocycles. The molecule has 1 amide bonds. The Bertz CT molecular complexity index is 1450. The first kappa shape index (κ1) is 28.3. The summed E-state index contributed by atoms with van der Waals surface area (Å²) in [5, 5.41) is 3.24. The lowest BCUT2D eigenvalue weighted by Crippen LogP contribution is -2.41. The van der Waals surface area contributed by atoms with Gasteiger partial charge >= 0.3 is 18.0 Å². The highest BCUT2D eigenvalue weighted by Crippen LogP contribution is 2.30. The van der Waals surface area contributed by atoms with E-state index in [0.29, 0.717) is 34.8 Å². The van der Waals surface area contributed by atoms with E-state index in [4.69, 9.17) is 18.3 Å². The van der Waals surface area contributed by atoms with Crippen LogP contribution in [0.3, 0.4) is 0 Å². The summed E-state index contributed by atoms with van der Waals surface area (Å²) in [6.07, 6.45) is -1.49. The fourth-order valence-corrected chi connectivity index (χ4v) is 4.98. The smallest absolute Gasteiger partial charge is 0.493 e. The molecule has 1 unspecified atom stereocenters.